The number of carbonyl (C=O) groups is 1. The molecule has 3 nitrogen and oxygen atoms in total. The first-order chi connectivity index (χ1) is 13.2. The molecule has 0 saturated carbocycles. The van der Waals surface area contributed by atoms with Crippen molar-refractivity contribution >= 4 is 35.0 Å². The molecule has 0 aliphatic heterocycles. The Labute approximate surface area is 168 Å². The van der Waals surface area contributed by atoms with E-state index in [9.17, 15) is 4.79 Å². The van der Waals surface area contributed by atoms with Crippen LogP contribution < -0.4 is 10.1 Å². The molecule has 3 aromatic rings. The summed E-state index contributed by atoms with van der Waals surface area (Å²) in [6.07, 6.45) is 0.709. The Hall–Kier alpha value is -2.43. The number of ether oxygens (including phenoxy) is 1. The Morgan fingerprint density at radius 2 is 1.67 bits per heavy atom. The number of nitrogens with one attached hydrogen (secondary N) is 1. The number of halogens is 1. The highest BCUT2D eigenvalue weighted by atomic mass is 35.5. The monoisotopic (exact) mass is 397 g/mol. The lowest BCUT2D eigenvalue weighted by atomic mass is 10.2. The summed E-state index contributed by atoms with van der Waals surface area (Å²) in [5, 5.41) is 3.47. The average molecular weight is 398 g/mol. The summed E-state index contributed by atoms with van der Waals surface area (Å²) < 4.78 is 5.92. The lowest BCUT2D eigenvalue weighted by molar-refractivity contribution is -0.115. The summed E-state index contributed by atoms with van der Waals surface area (Å²) in [7, 11) is 0. The molecule has 0 unspecified atom stereocenters. The summed E-state index contributed by atoms with van der Waals surface area (Å²) in [5.74, 6) is 1.28. The van der Waals surface area contributed by atoms with Crippen molar-refractivity contribution in [2.24, 2.45) is 0 Å². The Bertz CT molecular complexity index is 884. The highest BCUT2D eigenvalue weighted by Crippen LogP contribution is 2.31. The van der Waals surface area contributed by atoms with Gasteiger partial charge in [0.25, 0.3) is 0 Å². The van der Waals surface area contributed by atoms with E-state index in [1.54, 1.807) is 0 Å². The molecule has 1 atom stereocenters. The molecular weight excluding hydrogens is 378 g/mol. The number of para-hydroxylation sites is 3. The van der Waals surface area contributed by atoms with Crippen molar-refractivity contribution < 1.29 is 9.53 Å². The Kier molecular flexibility index (Phi) is 6.80. The number of thioether (sulfide) groups is 1. The van der Waals surface area contributed by atoms with Gasteiger partial charge in [-0.15, -0.1) is 11.8 Å². The molecule has 1 N–H and O–H groups in total. The molecule has 0 radical (unpaired) electrons. The molecule has 138 valence electrons. The molecular formula is C22H20ClNO2S. The lowest BCUT2D eigenvalue weighted by Gasteiger charge is -2.17. The molecule has 1 amide bonds. The van der Waals surface area contributed by atoms with Crippen LogP contribution >= 0.6 is 23.4 Å². The van der Waals surface area contributed by atoms with Gasteiger partial charge in [-0.05, 0) is 55.0 Å². The molecule has 0 aliphatic carbocycles. The van der Waals surface area contributed by atoms with E-state index >= 15 is 0 Å². The van der Waals surface area contributed by atoms with Gasteiger partial charge in [-0.1, -0.05) is 48.9 Å². The third kappa shape index (κ3) is 5.52. The summed E-state index contributed by atoms with van der Waals surface area (Å²) in [6, 6.07) is 24.5. The zero-order valence-electron chi connectivity index (χ0n) is 14.9. The molecule has 0 saturated heterocycles. The Morgan fingerprint density at radius 1 is 1.00 bits per heavy atom. The van der Waals surface area contributed by atoms with Gasteiger partial charge in [0.2, 0.25) is 5.91 Å². The minimum Gasteiger partial charge on any atom is -0.455 e. The predicted octanol–water partition coefficient (Wildman–Crippen LogP) is 6.64. The van der Waals surface area contributed by atoms with Crippen LogP contribution in [-0.4, -0.2) is 11.2 Å². The van der Waals surface area contributed by atoms with Crippen molar-refractivity contribution in [3.05, 3.63) is 83.9 Å². The van der Waals surface area contributed by atoms with Crippen molar-refractivity contribution in [1.29, 1.82) is 0 Å². The van der Waals surface area contributed by atoms with E-state index in [0.29, 0.717) is 22.9 Å². The smallest absolute Gasteiger partial charge is 0.237 e. The maximum absolute atomic E-state index is 12.8. The minimum absolute atomic E-state index is 0.0541. The molecule has 0 fully saturated rings. The zero-order chi connectivity index (χ0) is 19.1. The summed E-state index contributed by atoms with van der Waals surface area (Å²) >= 11 is 7.46. The molecule has 3 aromatic carbocycles. The average Bonchev–Trinajstić information content (AvgIpc) is 2.70. The van der Waals surface area contributed by atoms with Crippen LogP contribution in [0.25, 0.3) is 0 Å². The highest BCUT2D eigenvalue weighted by Gasteiger charge is 2.19. The quantitative estimate of drug-likeness (QED) is 0.454. The number of rotatable bonds is 7. The zero-order valence-corrected chi connectivity index (χ0v) is 16.5. The van der Waals surface area contributed by atoms with Crippen LogP contribution in [0.15, 0.2) is 83.8 Å². The fourth-order valence-electron chi connectivity index (χ4n) is 2.49. The lowest BCUT2D eigenvalue weighted by Crippen LogP contribution is -2.24. The number of benzene rings is 3. The van der Waals surface area contributed by atoms with Gasteiger partial charge in [0.1, 0.15) is 5.75 Å². The van der Waals surface area contributed by atoms with E-state index in [2.05, 4.69) is 5.32 Å². The fourth-order valence-corrected chi connectivity index (χ4v) is 3.57. The first-order valence-corrected chi connectivity index (χ1v) is 9.96. The third-order valence-corrected chi connectivity index (χ3v) is 5.50. The Balaban J connectivity index is 1.71. The van der Waals surface area contributed by atoms with Gasteiger partial charge < -0.3 is 10.1 Å². The van der Waals surface area contributed by atoms with Crippen LogP contribution in [0, 0.1) is 0 Å². The van der Waals surface area contributed by atoms with Gasteiger partial charge in [0.15, 0.2) is 5.75 Å². The van der Waals surface area contributed by atoms with Crippen LogP contribution in [-0.2, 0) is 4.79 Å². The second-order valence-electron chi connectivity index (χ2n) is 5.87. The molecule has 0 spiro atoms. The number of carbonyl (C=O) groups excluding carboxylic acids is 1. The second-order valence-corrected chi connectivity index (χ2v) is 7.58. The largest absolute Gasteiger partial charge is 0.455 e. The van der Waals surface area contributed by atoms with E-state index in [1.807, 2.05) is 85.8 Å². The van der Waals surface area contributed by atoms with Gasteiger partial charge in [0, 0.05) is 9.92 Å². The number of hydrogen-bond donors (Lipinski definition) is 1. The van der Waals surface area contributed by atoms with E-state index in [-0.39, 0.29) is 11.2 Å². The molecule has 0 bridgehead atoms. The standard InChI is InChI=1S/C22H20ClNO2S/c1-2-21(27-18-14-12-16(23)13-15-18)22(25)24-19-10-6-7-11-20(19)26-17-8-4-3-5-9-17/h3-15,21H,2H2,1H3,(H,24,25)/t21-/m0/s1. The van der Waals surface area contributed by atoms with Crippen LogP contribution in [0.2, 0.25) is 5.02 Å². The normalized spacial score (nSPS) is 11.6. The van der Waals surface area contributed by atoms with Crippen molar-refractivity contribution in [1.82, 2.24) is 0 Å². The van der Waals surface area contributed by atoms with Gasteiger partial charge in [-0.2, -0.15) is 0 Å². The summed E-state index contributed by atoms with van der Waals surface area (Å²) in [6.45, 7) is 2.00. The summed E-state index contributed by atoms with van der Waals surface area (Å²) in [5.41, 5.74) is 0.654. The topological polar surface area (TPSA) is 38.3 Å². The van der Waals surface area contributed by atoms with Crippen molar-refractivity contribution in [2.45, 2.75) is 23.5 Å². The van der Waals surface area contributed by atoms with E-state index in [4.69, 9.17) is 16.3 Å². The van der Waals surface area contributed by atoms with Crippen molar-refractivity contribution in [3.63, 3.8) is 0 Å². The summed E-state index contributed by atoms with van der Waals surface area (Å²) in [4.78, 5) is 13.8. The van der Waals surface area contributed by atoms with E-state index < -0.39 is 0 Å². The third-order valence-electron chi connectivity index (χ3n) is 3.87. The molecule has 3 rings (SSSR count). The number of amides is 1. The fraction of sp³-hybridized carbons (Fsp3) is 0.136. The second kappa shape index (κ2) is 9.49. The first kappa shape index (κ1) is 19.3. The highest BCUT2D eigenvalue weighted by molar-refractivity contribution is 8.00. The number of anilines is 1. The van der Waals surface area contributed by atoms with Crippen molar-refractivity contribution in [3.8, 4) is 11.5 Å². The Morgan fingerprint density at radius 3 is 2.37 bits per heavy atom. The van der Waals surface area contributed by atoms with Crippen LogP contribution in [0.4, 0.5) is 5.69 Å². The van der Waals surface area contributed by atoms with Crippen LogP contribution in [0.5, 0.6) is 11.5 Å². The SMILES string of the molecule is CC[C@H](Sc1ccc(Cl)cc1)C(=O)Nc1ccccc1Oc1ccccc1. The number of hydrogen-bond acceptors (Lipinski definition) is 3. The van der Waals surface area contributed by atoms with Gasteiger partial charge in [-0.25, -0.2) is 0 Å². The van der Waals surface area contributed by atoms with Gasteiger partial charge >= 0.3 is 0 Å². The van der Waals surface area contributed by atoms with Crippen LogP contribution in [0.1, 0.15) is 13.3 Å². The van der Waals surface area contributed by atoms with E-state index in [1.165, 1.54) is 11.8 Å². The molecule has 5 heteroatoms. The predicted molar refractivity (Wildman–Crippen MR) is 113 cm³/mol. The maximum atomic E-state index is 12.8. The minimum atomic E-state index is -0.212. The maximum Gasteiger partial charge on any atom is 0.237 e. The first-order valence-electron chi connectivity index (χ1n) is 8.70. The molecule has 0 heterocycles. The van der Waals surface area contributed by atoms with E-state index in [0.717, 1.165) is 10.6 Å². The van der Waals surface area contributed by atoms with Gasteiger partial charge in [-0.3, -0.25) is 4.79 Å². The molecule has 0 aliphatic rings. The van der Waals surface area contributed by atoms with Crippen LogP contribution in [0.3, 0.4) is 0 Å². The van der Waals surface area contributed by atoms with Gasteiger partial charge in [0.05, 0.1) is 10.9 Å². The molecule has 0 aromatic heterocycles. The molecule has 27 heavy (non-hydrogen) atoms. The van der Waals surface area contributed by atoms with Crippen molar-refractivity contribution in [2.75, 3.05) is 5.32 Å².